The SMILES string of the molecule is Cc1nnc(Nc2ccc(C#N)cc2)nc1Cl. The number of nitrogens with zero attached hydrogens (tertiary/aromatic N) is 4. The van der Waals surface area contributed by atoms with Crippen LogP contribution in [0.15, 0.2) is 24.3 Å². The number of hydrogen-bond acceptors (Lipinski definition) is 5. The Morgan fingerprint density at radius 2 is 1.94 bits per heavy atom. The first-order chi connectivity index (χ1) is 8.19. The van der Waals surface area contributed by atoms with Crippen LogP contribution >= 0.6 is 11.6 Å². The first kappa shape index (κ1) is 11.3. The van der Waals surface area contributed by atoms with Crippen LogP contribution in [0.1, 0.15) is 11.3 Å². The Kier molecular flexibility index (Phi) is 3.17. The Morgan fingerprint density at radius 1 is 1.24 bits per heavy atom. The maximum atomic E-state index is 8.66. The molecule has 2 aromatic rings. The second-order valence-corrected chi connectivity index (χ2v) is 3.68. The van der Waals surface area contributed by atoms with Crippen LogP contribution in [0, 0.1) is 18.3 Å². The molecule has 0 amide bonds. The summed E-state index contributed by atoms with van der Waals surface area (Å²) >= 11 is 5.83. The van der Waals surface area contributed by atoms with Crippen molar-refractivity contribution in [1.29, 1.82) is 5.26 Å². The van der Waals surface area contributed by atoms with Gasteiger partial charge < -0.3 is 5.32 Å². The number of halogens is 1. The summed E-state index contributed by atoms with van der Waals surface area (Å²) in [6.45, 7) is 1.73. The third-order valence-corrected chi connectivity index (χ3v) is 2.43. The number of anilines is 2. The number of hydrogen-bond donors (Lipinski definition) is 1. The fourth-order valence-corrected chi connectivity index (χ4v) is 1.29. The topological polar surface area (TPSA) is 74.5 Å². The summed E-state index contributed by atoms with van der Waals surface area (Å²) in [7, 11) is 0. The summed E-state index contributed by atoms with van der Waals surface area (Å²) in [5.74, 6) is 0.324. The van der Waals surface area contributed by atoms with Crippen molar-refractivity contribution in [3.05, 3.63) is 40.7 Å². The van der Waals surface area contributed by atoms with E-state index in [0.717, 1.165) is 5.69 Å². The van der Waals surface area contributed by atoms with E-state index < -0.39 is 0 Å². The summed E-state index contributed by atoms with van der Waals surface area (Å²) in [5.41, 5.74) is 1.94. The Bertz CT molecular complexity index is 573. The molecule has 5 nitrogen and oxygen atoms in total. The molecule has 0 unspecified atom stereocenters. The molecule has 1 aromatic heterocycles. The lowest BCUT2D eigenvalue weighted by Crippen LogP contribution is -2.00. The van der Waals surface area contributed by atoms with Crippen molar-refractivity contribution in [2.75, 3.05) is 5.32 Å². The van der Waals surface area contributed by atoms with Crippen LogP contribution in [0.25, 0.3) is 0 Å². The van der Waals surface area contributed by atoms with Gasteiger partial charge in [0.25, 0.3) is 0 Å². The van der Waals surface area contributed by atoms with Gasteiger partial charge in [0.1, 0.15) is 0 Å². The van der Waals surface area contributed by atoms with Gasteiger partial charge in [-0.2, -0.15) is 10.2 Å². The number of rotatable bonds is 2. The number of aryl methyl sites for hydroxylation is 1. The molecule has 0 spiro atoms. The maximum absolute atomic E-state index is 8.66. The van der Waals surface area contributed by atoms with E-state index >= 15 is 0 Å². The summed E-state index contributed by atoms with van der Waals surface area (Å²) in [5, 5.41) is 19.6. The molecule has 0 aliphatic heterocycles. The standard InChI is InChI=1S/C11H8ClN5/c1-7-10(12)15-11(17-16-7)14-9-4-2-8(6-13)3-5-9/h2-5H,1H3,(H,14,15,17). The highest BCUT2D eigenvalue weighted by molar-refractivity contribution is 6.30. The zero-order chi connectivity index (χ0) is 12.3. The van der Waals surface area contributed by atoms with Crippen LogP contribution in [0.2, 0.25) is 5.15 Å². The Morgan fingerprint density at radius 3 is 2.53 bits per heavy atom. The van der Waals surface area contributed by atoms with E-state index in [1.165, 1.54) is 0 Å². The lowest BCUT2D eigenvalue weighted by atomic mass is 10.2. The highest BCUT2D eigenvalue weighted by Gasteiger charge is 2.03. The summed E-state index contributed by atoms with van der Waals surface area (Å²) < 4.78 is 0. The third kappa shape index (κ3) is 2.68. The fourth-order valence-electron chi connectivity index (χ4n) is 1.17. The van der Waals surface area contributed by atoms with E-state index in [-0.39, 0.29) is 0 Å². The highest BCUT2D eigenvalue weighted by atomic mass is 35.5. The van der Waals surface area contributed by atoms with Gasteiger partial charge in [-0.05, 0) is 31.2 Å². The largest absolute Gasteiger partial charge is 0.323 e. The van der Waals surface area contributed by atoms with Crippen LogP contribution in [0.3, 0.4) is 0 Å². The van der Waals surface area contributed by atoms with Crippen molar-refractivity contribution in [3.8, 4) is 6.07 Å². The van der Waals surface area contributed by atoms with Crippen LogP contribution in [-0.4, -0.2) is 15.2 Å². The molecule has 0 radical (unpaired) electrons. The molecule has 0 saturated carbocycles. The number of nitriles is 1. The van der Waals surface area contributed by atoms with E-state index in [1.807, 2.05) is 6.07 Å². The van der Waals surface area contributed by atoms with E-state index in [9.17, 15) is 0 Å². The van der Waals surface area contributed by atoms with Crippen molar-refractivity contribution in [1.82, 2.24) is 15.2 Å². The molecular formula is C11H8ClN5. The van der Waals surface area contributed by atoms with Gasteiger partial charge >= 0.3 is 0 Å². The van der Waals surface area contributed by atoms with Gasteiger partial charge in [0, 0.05) is 5.69 Å². The fraction of sp³-hybridized carbons (Fsp3) is 0.0909. The van der Waals surface area contributed by atoms with Crippen LogP contribution in [0.5, 0.6) is 0 Å². The molecule has 0 fully saturated rings. The predicted molar refractivity (Wildman–Crippen MR) is 64.0 cm³/mol. The molecule has 0 atom stereocenters. The smallest absolute Gasteiger partial charge is 0.248 e. The molecule has 84 valence electrons. The van der Waals surface area contributed by atoms with Crippen molar-refractivity contribution >= 4 is 23.2 Å². The van der Waals surface area contributed by atoms with Crippen LogP contribution in [0.4, 0.5) is 11.6 Å². The molecule has 0 saturated heterocycles. The number of nitrogens with one attached hydrogen (secondary N) is 1. The Labute approximate surface area is 103 Å². The second kappa shape index (κ2) is 4.76. The molecule has 1 heterocycles. The first-order valence-corrected chi connectivity index (χ1v) is 5.21. The average Bonchev–Trinajstić information content (AvgIpc) is 2.35. The second-order valence-electron chi connectivity index (χ2n) is 3.33. The lowest BCUT2D eigenvalue weighted by molar-refractivity contribution is 0.935. The number of aromatic nitrogens is 3. The highest BCUT2D eigenvalue weighted by Crippen LogP contribution is 2.15. The van der Waals surface area contributed by atoms with E-state index in [0.29, 0.717) is 22.4 Å². The quantitative estimate of drug-likeness (QED) is 0.880. The summed E-state index contributed by atoms with van der Waals surface area (Å²) in [4.78, 5) is 4.03. The van der Waals surface area contributed by atoms with E-state index in [2.05, 4.69) is 20.5 Å². The van der Waals surface area contributed by atoms with Gasteiger partial charge in [0.2, 0.25) is 5.95 Å². The zero-order valence-corrected chi connectivity index (χ0v) is 9.73. The minimum Gasteiger partial charge on any atom is -0.323 e. The van der Waals surface area contributed by atoms with Gasteiger partial charge in [0.15, 0.2) is 5.15 Å². The normalized spacial score (nSPS) is 9.71. The van der Waals surface area contributed by atoms with Gasteiger partial charge in [-0.15, -0.1) is 10.2 Å². The van der Waals surface area contributed by atoms with Crippen molar-refractivity contribution in [3.63, 3.8) is 0 Å². The van der Waals surface area contributed by atoms with Crippen molar-refractivity contribution < 1.29 is 0 Å². The Balaban J connectivity index is 2.20. The minimum absolute atomic E-state index is 0.316. The van der Waals surface area contributed by atoms with Gasteiger partial charge in [0.05, 0.1) is 17.3 Å². The molecule has 1 aromatic carbocycles. The summed E-state index contributed by atoms with van der Waals surface area (Å²) in [6, 6.07) is 8.96. The molecule has 0 aliphatic rings. The van der Waals surface area contributed by atoms with Crippen LogP contribution < -0.4 is 5.32 Å². The van der Waals surface area contributed by atoms with E-state index in [4.69, 9.17) is 16.9 Å². The van der Waals surface area contributed by atoms with E-state index in [1.54, 1.807) is 31.2 Å². The monoisotopic (exact) mass is 245 g/mol. The molecule has 2 rings (SSSR count). The van der Waals surface area contributed by atoms with Gasteiger partial charge in [-0.3, -0.25) is 0 Å². The molecule has 1 N–H and O–H groups in total. The molecule has 0 bridgehead atoms. The number of benzene rings is 1. The zero-order valence-electron chi connectivity index (χ0n) is 8.98. The van der Waals surface area contributed by atoms with Crippen molar-refractivity contribution in [2.45, 2.75) is 6.92 Å². The Hall–Kier alpha value is -2.19. The van der Waals surface area contributed by atoms with Gasteiger partial charge in [-0.25, -0.2) is 0 Å². The molecule has 0 aliphatic carbocycles. The lowest BCUT2D eigenvalue weighted by Gasteiger charge is -2.04. The minimum atomic E-state index is 0.316. The predicted octanol–water partition coefficient (Wildman–Crippen LogP) is 2.45. The first-order valence-electron chi connectivity index (χ1n) is 4.83. The van der Waals surface area contributed by atoms with Crippen molar-refractivity contribution in [2.24, 2.45) is 0 Å². The maximum Gasteiger partial charge on any atom is 0.248 e. The summed E-state index contributed by atoms with van der Waals surface area (Å²) in [6.07, 6.45) is 0. The van der Waals surface area contributed by atoms with Gasteiger partial charge in [-0.1, -0.05) is 11.6 Å². The molecule has 6 heteroatoms. The third-order valence-electron chi connectivity index (χ3n) is 2.07. The molecule has 17 heavy (non-hydrogen) atoms. The molecular weight excluding hydrogens is 238 g/mol. The average molecular weight is 246 g/mol. The van der Waals surface area contributed by atoms with Crippen LogP contribution in [-0.2, 0) is 0 Å².